The number of esters is 1. The van der Waals surface area contributed by atoms with Crippen molar-refractivity contribution < 1.29 is 9.53 Å². The molecule has 2 atom stereocenters. The summed E-state index contributed by atoms with van der Waals surface area (Å²) in [5.41, 5.74) is 5.40. The lowest BCUT2D eigenvalue weighted by Crippen LogP contribution is -2.13. The second-order valence-electron chi connectivity index (χ2n) is 2.26. The first-order chi connectivity index (χ1) is 4.25. The molecule has 0 bridgehead atoms. The smallest absolute Gasteiger partial charge is 0.310 e. The van der Waals surface area contributed by atoms with E-state index in [1.165, 1.54) is 0 Å². The normalized spacial score (nSPS) is 31.8. The fraction of sp³-hybridized carbons (Fsp3) is 0.833. The van der Waals surface area contributed by atoms with Gasteiger partial charge in [-0.3, -0.25) is 4.79 Å². The van der Waals surface area contributed by atoms with Crippen molar-refractivity contribution in [3.8, 4) is 0 Å². The molecule has 1 rings (SSSR count). The Labute approximate surface area is 54.2 Å². The van der Waals surface area contributed by atoms with Crippen LogP contribution < -0.4 is 5.73 Å². The number of carbonyl (C=O) groups is 1. The zero-order valence-electron chi connectivity index (χ0n) is 5.46. The zero-order chi connectivity index (χ0) is 6.85. The summed E-state index contributed by atoms with van der Waals surface area (Å²) in [6.45, 7) is 2.26. The summed E-state index contributed by atoms with van der Waals surface area (Å²) in [5.74, 6) is -0.130. The highest BCUT2D eigenvalue weighted by Crippen LogP contribution is 2.28. The Morgan fingerprint density at radius 2 is 2.44 bits per heavy atom. The van der Waals surface area contributed by atoms with Gasteiger partial charge in [-0.25, -0.2) is 0 Å². The number of hydrogen-bond acceptors (Lipinski definition) is 3. The summed E-state index contributed by atoms with van der Waals surface area (Å²) in [7, 11) is 0. The topological polar surface area (TPSA) is 52.3 Å². The summed E-state index contributed by atoms with van der Waals surface area (Å²) in [4.78, 5) is 10.7. The Bertz CT molecular complexity index is 124. The van der Waals surface area contributed by atoms with Crippen LogP contribution in [0.5, 0.6) is 0 Å². The minimum Gasteiger partial charge on any atom is -0.466 e. The molecule has 0 aromatic carbocycles. The molecule has 9 heavy (non-hydrogen) atoms. The summed E-state index contributed by atoms with van der Waals surface area (Å²) in [6.07, 6.45) is 0.804. The Balaban J connectivity index is 2.20. The first-order valence-electron chi connectivity index (χ1n) is 3.18. The van der Waals surface area contributed by atoms with Gasteiger partial charge in [0, 0.05) is 6.04 Å². The van der Waals surface area contributed by atoms with Crippen molar-refractivity contribution in [1.82, 2.24) is 0 Å². The fourth-order valence-corrected chi connectivity index (χ4v) is 0.735. The van der Waals surface area contributed by atoms with E-state index in [9.17, 15) is 4.79 Å². The van der Waals surface area contributed by atoms with Gasteiger partial charge in [0.1, 0.15) is 0 Å². The predicted molar refractivity (Wildman–Crippen MR) is 32.7 cm³/mol. The lowest BCUT2D eigenvalue weighted by Gasteiger charge is -1.96. The average Bonchev–Trinajstić information content (AvgIpc) is 2.47. The molecular formula is C6H11NO2. The second-order valence-corrected chi connectivity index (χ2v) is 2.26. The first-order valence-corrected chi connectivity index (χ1v) is 3.18. The van der Waals surface area contributed by atoms with Gasteiger partial charge < -0.3 is 10.5 Å². The van der Waals surface area contributed by atoms with Gasteiger partial charge >= 0.3 is 5.97 Å². The highest BCUT2D eigenvalue weighted by Gasteiger charge is 2.41. The van der Waals surface area contributed by atoms with Crippen LogP contribution in [0.15, 0.2) is 0 Å². The Hall–Kier alpha value is -0.570. The number of ether oxygens (including phenoxy) is 1. The quantitative estimate of drug-likeness (QED) is 0.529. The molecule has 1 fully saturated rings. The summed E-state index contributed by atoms with van der Waals surface area (Å²) in [5, 5.41) is 0. The van der Waals surface area contributed by atoms with Crippen LogP contribution in [-0.4, -0.2) is 18.6 Å². The lowest BCUT2D eigenvalue weighted by molar-refractivity contribution is -0.144. The maximum Gasteiger partial charge on any atom is 0.310 e. The number of nitrogens with two attached hydrogens (primary N) is 1. The third-order valence-electron chi connectivity index (χ3n) is 1.43. The molecule has 2 unspecified atom stereocenters. The van der Waals surface area contributed by atoms with E-state index in [4.69, 9.17) is 10.5 Å². The second kappa shape index (κ2) is 2.35. The maximum absolute atomic E-state index is 10.7. The van der Waals surface area contributed by atoms with E-state index in [0.29, 0.717) is 6.61 Å². The van der Waals surface area contributed by atoms with Crippen molar-refractivity contribution in [2.24, 2.45) is 11.7 Å². The monoisotopic (exact) mass is 129 g/mol. The minimum atomic E-state index is -0.134. The lowest BCUT2D eigenvalue weighted by atomic mass is 10.4. The third-order valence-corrected chi connectivity index (χ3v) is 1.43. The molecular weight excluding hydrogens is 118 g/mol. The van der Waals surface area contributed by atoms with Gasteiger partial charge in [0.05, 0.1) is 12.5 Å². The molecule has 3 heteroatoms. The molecule has 52 valence electrons. The van der Waals surface area contributed by atoms with Crippen LogP contribution in [-0.2, 0) is 9.53 Å². The van der Waals surface area contributed by atoms with Crippen LogP contribution in [0.3, 0.4) is 0 Å². The third kappa shape index (κ3) is 1.42. The summed E-state index contributed by atoms with van der Waals surface area (Å²) in [6, 6.07) is 0.0732. The van der Waals surface area contributed by atoms with E-state index in [2.05, 4.69) is 0 Å². The van der Waals surface area contributed by atoms with E-state index in [0.717, 1.165) is 6.42 Å². The molecule has 0 saturated heterocycles. The first kappa shape index (κ1) is 6.55. The Morgan fingerprint density at radius 3 is 2.78 bits per heavy atom. The van der Waals surface area contributed by atoms with Crippen LogP contribution in [0.25, 0.3) is 0 Å². The Morgan fingerprint density at radius 1 is 1.89 bits per heavy atom. The van der Waals surface area contributed by atoms with Crippen molar-refractivity contribution in [3.05, 3.63) is 0 Å². The molecule has 0 aromatic rings. The van der Waals surface area contributed by atoms with E-state index in [1.54, 1.807) is 6.92 Å². The SMILES string of the molecule is CCOC(=O)C1CC1N. The maximum atomic E-state index is 10.7. The number of rotatable bonds is 2. The molecule has 1 aliphatic rings. The minimum absolute atomic E-state index is 0.00458. The standard InChI is InChI=1S/C6H11NO2/c1-2-9-6(8)4-3-5(4)7/h4-5H,2-3,7H2,1H3. The molecule has 0 spiro atoms. The zero-order valence-corrected chi connectivity index (χ0v) is 5.46. The van der Waals surface area contributed by atoms with Crippen molar-refractivity contribution in [2.45, 2.75) is 19.4 Å². The van der Waals surface area contributed by atoms with Gasteiger partial charge in [-0.2, -0.15) is 0 Å². The van der Waals surface area contributed by atoms with Gasteiger partial charge in [0.2, 0.25) is 0 Å². The van der Waals surface area contributed by atoms with E-state index in [1.807, 2.05) is 0 Å². The molecule has 0 heterocycles. The van der Waals surface area contributed by atoms with Crippen LogP contribution in [0.4, 0.5) is 0 Å². The molecule has 0 aliphatic heterocycles. The van der Waals surface area contributed by atoms with Crippen molar-refractivity contribution >= 4 is 5.97 Å². The Kier molecular flexibility index (Phi) is 1.71. The van der Waals surface area contributed by atoms with Crippen LogP contribution in [0.2, 0.25) is 0 Å². The molecule has 0 radical (unpaired) electrons. The molecule has 1 aliphatic carbocycles. The van der Waals surface area contributed by atoms with E-state index >= 15 is 0 Å². The largest absolute Gasteiger partial charge is 0.466 e. The van der Waals surface area contributed by atoms with Gasteiger partial charge in [-0.1, -0.05) is 0 Å². The van der Waals surface area contributed by atoms with Crippen molar-refractivity contribution in [3.63, 3.8) is 0 Å². The van der Waals surface area contributed by atoms with Crippen molar-refractivity contribution in [1.29, 1.82) is 0 Å². The molecule has 0 amide bonds. The fourth-order valence-electron chi connectivity index (χ4n) is 0.735. The van der Waals surface area contributed by atoms with E-state index < -0.39 is 0 Å². The van der Waals surface area contributed by atoms with Gasteiger partial charge in [0.15, 0.2) is 0 Å². The highest BCUT2D eigenvalue weighted by atomic mass is 16.5. The van der Waals surface area contributed by atoms with Crippen molar-refractivity contribution in [2.75, 3.05) is 6.61 Å². The predicted octanol–water partition coefficient (Wildman–Crippen LogP) is -0.103. The van der Waals surface area contributed by atoms with Crippen LogP contribution >= 0.6 is 0 Å². The molecule has 0 aromatic heterocycles. The molecule has 1 saturated carbocycles. The number of carbonyl (C=O) groups excluding carboxylic acids is 1. The van der Waals surface area contributed by atoms with Gasteiger partial charge in [0.25, 0.3) is 0 Å². The highest BCUT2D eigenvalue weighted by molar-refractivity contribution is 5.76. The van der Waals surface area contributed by atoms with E-state index in [-0.39, 0.29) is 17.9 Å². The van der Waals surface area contributed by atoms with Crippen LogP contribution in [0, 0.1) is 5.92 Å². The van der Waals surface area contributed by atoms with Gasteiger partial charge in [-0.15, -0.1) is 0 Å². The summed E-state index contributed by atoms with van der Waals surface area (Å²) < 4.78 is 4.72. The molecule has 3 nitrogen and oxygen atoms in total. The number of hydrogen-bond donors (Lipinski definition) is 1. The molecule has 2 N–H and O–H groups in total. The average molecular weight is 129 g/mol. The van der Waals surface area contributed by atoms with Crippen LogP contribution in [0.1, 0.15) is 13.3 Å². The summed E-state index contributed by atoms with van der Waals surface area (Å²) >= 11 is 0. The van der Waals surface area contributed by atoms with Gasteiger partial charge in [-0.05, 0) is 13.3 Å².